The molecule has 2 heterocycles. The molecular weight excluding hydrogens is 202 g/mol. The van der Waals surface area contributed by atoms with Crippen LogP contribution in [0.25, 0.3) is 0 Å². The topological polar surface area (TPSA) is 58.4 Å². The average molecular weight is 217 g/mol. The quantitative estimate of drug-likeness (QED) is 0.622. The summed E-state index contributed by atoms with van der Waals surface area (Å²) in [5, 5.41) is 3.56. The second-order valence-electron chi connectivity index (χ2n) is 4.47. The number of fused-ring (bicyclic) bond motifs is 2. The number of carbonyl (C=O) groups is 1. The van der Waals surface area contributed by atoms with Gasteiger partial charge < -0.3 is 10.6 Å². The van der Waals surface area contributed by atoms with E-state index in [1.54, 1.807) is 4.90 Å². The monoisotopic (exact) mass is 217 g/mol. The van der Waals surface area contributed by atoms with E-state index in [9.17, 15) is 4.79 Å². The SMILES string of the molecule is NC(=O)N1CCC2NC3C=CC=CC3=C2C1. The maximum atomic E-state index is 11.2. The Hall–Kier alpha value is -1.55. The average Bonchev–Trinajstić information content (AvgIpc) is 2.66. The predicted octanol–water partition coefficient (Wildman–Crippen LogP) is 0.534. The van der Waals surface area contributed by atoms with Gasteiger partial charge in [0.2, 0.25) is 0 Å². The fraction of sp³-hybridized carbons (Fsp3) is 0.417. The molecule has 0 saturated carbocycles. The van der Waals surface area contributed by atoms with E-state index in [4.69, 9.17) is 5.73 Å². The summed E-state index contributed by atoms with van der Waals surface area (Å²) in [5.41, 5.74) is 7.98. The molecule has 1 fully saturated rings. The number of rotatable bonds is 0. The Morgan fingerprint density at radius 1 is 1.50 bits per heavy atom. The first kappa shape index (κ1) is 9.66. The van der Waals surface area contributed by atoms with Crippen LogP contribution in [-0.2, 0) is 0 Å². The third-order valence-corrected chi connectivity index (χ3v) is 3.56. The van der Waals surface area contributed by atoms with Gasteiger partial charge in [0.15, 0.2) is 0 Å². The first-order valence-electron chi connectivity index (χ1n) is 5.64. The van der Waals surface area contributed by atoms with Crippen LogP contribution in [0.3, 0.4) is 0 Å². The number of amides is 2. The van der Waals surface area contributed by atoms with Crippen molar-refractivity contribution in [3.63, 3.8) is 0 Å². The molecule has 0 aromatic carbocycles. The zero-order valence-electron chi connectivity index (χ0n) is 9.02. The van der Waals surface area contributed by atoms with E-state index < -0.39 is 0 Å². The third kappa shape index (κ3) is 1.38. The first-order chi connectivity index (χ1) is 7.75. The Morgan fingerprint density at radius 2 is 2.38 bits per heavy atom. The Kier molecular flexibility index (Phi) is 2.11. The van der Waals surface area contributed by atoms with Gasteiger partial charge in [-0.15, -0.1) is 0 Å². The molecule has 1 saturated heterocycles. The van der Waals surface area contributed by atoms with E-state index in [0.29, 0.717) is 18.6 Å². The molecule has 84 valence electrons. The Morgan fingerprint density at radius 3 is 3.19 bits per heavy atom. The van der Waals surface area contributed by atoms with Gasteiger partial charge in [-0.3, -0.25) is 5.32 Å². The number of hydrogen-bond donors (Lipinski definition) is 2. The summed E-state index contributed by atoms with van der Waals surface area (Å²) >= 11 is 0. The molecule has 0 spiro atoms. The van der Waals surface area contributed by atoms with Gasteiger partial charge in [0.05, 0.1) is 6.04 Å². The van der Waals surface area contributed by atoms with Crippen molar-refractivity contribution in [2.24, 2.45) is 5.73 Å². The van der Waals surface area contributed by atoms with Crippen molar-refractivity contribution in [2.75, 3.05) is 13.1 Å². The predicted molar refractivity (Wildman–Crippen MR) is 61.8 cm³/mol. The molecule has 3 N–H and O–H groups in total. The maximum Gasteiger partial charge on any atom is 0.315 e. The molecule has 0 bridgehead atoms. The molecule has 2 unspecified atom stereocenters. The Bertz CT molecular complexity index is 422. The van der Waals surface area contributed by atoms with Gasteiger partial charge in [-0.25, -0.2) is 4.79 Å². The molecule has 16 heavy (non-hydrogen) atoms. The molecule has 0 aromatic rings. The number of nitrogens with zero attached hydrogens (tertiary/aromatic N) is 1. The highest BCUT2D eigenvalue weighted by Crippen LogP contribution is 2.30. The van der Waals surface area contributed by atoms with Crippen LogP contribution in [0, 0.1) is 0 Å². The van der Waals surface area contributed by atoms with Crippen molar-refractivity contribution in [1.82, 2.24) is 10.2 Å². The van der Waals surface area contributed by atoms with Crippen molar-refractivity contribution < 1.29 is 4.79 Å². The fourth-order valence-electron chi connectivity index (χ4n) is 2.73. The van der Waals surface area contributed by atoms with E-state index in [2.05, 4.69) is 23.5 Å². The lowest BCUT2D eigenvalue weighted by atomic mass is 9.95. The van der Waals surface area contributed by atoms with E-state index in [1.165, 1.54) is 11.1 Å². The van der Waals surface area contributed by atoms with E-state index in [1.807, 2.05) is 6.08 Å². The molecule has 1 aliphatic carbocycles. The van der Waals surface area contributed by atoms with Gasteiger partial charge in [-0.1, -0.05) is 24.3 Å². The zero-order chi connectivity index (χ0) is 11.1. The van der Waals surface area contributed by atoms with Gasteiger partial charge in [-0.05, 0) is 17.6 Å². The number of nitrogens with two attached hydrogens (primary N) is 1. The Labute approximate surface area is 94.5 Å². The number of likely N-dealkylation sites (tertiary alicyclic amines) is 1. The second kappa shape index (κ2) is 3.49. The molecule has 3 rings (SSSR count). The summed E-state index contributed by atoms with van der Waals surface area (Å²) < 4.78 is 0. The summed E-state index contributed by atoms with van der Waals surface area (Å²) in [7, 11) is 0. The number of nitrogens with one attached hydrogen (secondary N) is 1. The fourth-order valence-corrected chi connectivity index (χ4v) is 2.73. The van der Waals surface area contributed by atoms with Crippen molar-refractivity contribution in [2.45, 2.75) is 18.5 Å². The van der Waals surface area contributed by atoms with Crippen molar-refractivity contribution in [3.8, 4) is 0 Å². The van der Waals surface area contributed by atoms with Crippen LogP contribution in [0.5, 0.6) is 0 Å². The maximum absolute atomic E-state index is 11.2. The highest BCUT2D eigenvalue weighted by molar-refractivity contribution is 5.73. The minimum absolute atomic E-state index is 0.315. The lowest BCUT2D eigenvalue weighted by Gasteiger charge is -2.31. The Balaban J connectivity index is 1.91. The molecule has 3 aliphatic rings. The molecule has 0 radical (unpaired) electrons. The number of urea groups is 1. The first-order valence-corrected chi connectivity index (χ1v) is 5.64. The second-order valence-corrected chi connectivity index (χ2v) is 4.47. The molecule has 2 aliphatic heterocycles. The number of primary amides is 1. The number of hydrogen-bond acceptors (Lipinski definition) is 2. The largest absolute Gasteiger partial charge is 0.351 e. The van der Waals surface area contributed by atoms with E-state index in [0.717, 1.165) is 13.0 Å². The summed E-state index contributed by atoms with van der Waals surface area (Å²) in [6.07, 6.45) is 9.36. The minimum Gasteiger partial charge on any atom is -0.351 e. The number of piperidine rings is 1. The zero-order valence-corrected chi connectivity index (χ0v) is 9.02. The molecule has 4 heteroatoms. The van der Waals surface area contributed by atoms with Crippen LogP contribution in [-0.4, -0.2) is 36.1 Å². The molecule has 2 amide bonds. The lowest BCUT2D eigenvalue weighted by molar-refractivity contribution is 0.202. The number of carbonyl (C=O) groups excluding carboxylic acids is 1. The van der Waals surface area contributed by atoms with Crippen LogP contribution in [0.2, 0.25) is 0 Å². The summed E-state index contributed by atoms with van der Waals surface area (Å²) in [4.78, 5) is 12.9. The van der Waals surface area contributed by atoms with Crippen molar-refractivity contribution in [3.05, 3.63) is 35.5 Å². The highest BCUT2D eigenvalue weighted by atomic mass is 16.2. The summed E-state index contributed by atoms with van der Waals surface area (Å²) in [6, 6.07) is 0.436. The van der Waals surface area contributed by atoms with Crippen LogP contribution >= 0.6 is 0 Å². The van der Waals surface area contributed by atoms with Gasteiger partial charge in [0, 0.05) is 19.1 Å². The summed E-state index contributed by atoms with van der Waals surface area (Å²) in [6.45, 7) is 1.43. The van der Waals surface area contributed by atoms with Gasteiger partial charge >= 0.3 is 6.03 Å². The highest BCUT2D eigenvalue weighted by Gasteiger charge is 2.35. The molecule has 4 nitrogen and oxygen atoms in total. The van der Waals surface area contributed by atoms with Crippen LogP contribution in [0.4, 0.5) is 4.79 Å². The normalized spacial score (nSPS) is 31.6. The van der Waals surface area contributed by atoms with Gasteiger partial charge in [0.25, 0.3) is 0 Å². The van der Waals surface area contributed by atoms with Crippen molar-refractivity contribution in [1.29, 1.82) is 0 Å². The smallest absolute Gasteiger partial charge is 0.315 e. The number of allylic oxidation sites excluding steroid dienone is 2. The van der Waals surface area contributed by atoms with Crippen LogP contribution in [0.15, 0.2) is 35.5 Å². The minimum atomic E-state index is -0.315. The standard InChI is InChI=1S/C12H15N3O/c13-12(16)15-6-5-11-9(7-15)8-3-1-2-4-10(8)14-11/h1-4,10-11,14H,5-7H2,(H2,13,16). The molecule has 2 atom stereocenters. The summed E-state index contributed by atoms with van der Waals surface area (Å²) in [5.74, 6) is 0. The van der Waals surface area contributed by atoms with Crippen molar-refractivity contribution >= 4 is 6.03 Å². The molecule has 0 aromatic heterocycles. The van der Waals surface area contributed by atoms with Gasteiger partial charge in [0.1, 0.15) is 0 Å². The van der Waals surface area contributed by atoms with Gasteiger partial charge in [-0.2, -0.15) is 0 Å². The van der Waals surface area contributed by atoms with E-state index >= 15 is 0 Å². The third-order valence-electron chi connectivity index (χ3n) is 3.56. The van der Waals surface area contributed by atoms with E-state index in [-0.39, 0.29) is 6.03 Å². The van der Waals surface area contributed by atoms with Crippen LogP contribution in [0.1, 0.15) is 6.42 Å². The lowest BCUT2D eigenvalue weighted by Crippen LogP contribution is -2.46. The van der Waals surface area contributed by atoms with Crippen LogP contribution < -0.4 is 11.1 Å². The molecular formula is C12H15N3O.